The zero-order valence-corrected chi connectivity index (χ0v) is 9.92. The minimum Gasteiger partial charge on any atom is -0.478 e. The van der Waals surface area contributed by atoms with Crippen LogP contribution in [-0.2, 0) is 0 Å². The van der Waals surface area contributed by atoms with Crippen LogP contribution in [0, 0.1) is 0 Å². The monoisotopic (exact) mass is 270 g/mol. The molecule has 1 aromatic carbocycles. The van der Waals surface area contributed by atoms with Gasteiger partial charge in [-0.1, -0.05) is 12.1 Å². The van der Waals surface area contributed by atoms with Gasteiger partial charge in [-0.2, -0.15) is 12.6 Å². The molecule has 0 saturated carbocycles. The molecule has 0 aliphatic carbocycles. The fourth-order valence-electron chi connectivity index (χ4n) is 1.19. The smallest absolute Gasteiger partial charge is 0.427 e. The number of hydrazine groups is 1. The summed E-state index contributed by atoms with van der Waals surface area (Å²) in [5, 5.41) is 18.1. The molecule has 96 valence electrons. The van der Waals surface area contributed by atoms with Crippen molar-refractivity contribution in [2.75, 3.05) is 5.88 Å². The molecule has 8 heteroatoms. The third-order valence-corrected chi connectivity index (χ3v) is 2.29. The molecule has 7 nitrogen and oxygen atoms in total. The predicted octanol–water partition coefficient (Wildman–Crippen LogP) is 0.897. The molecule has 3 N–H and O–H groups in total. The first-order valence-corrected chi connectivity index (χ1v) is 5.35. The van der Waals surface area contributed by atoms with Crippen molar-refractivity contribution in [1.29, 1.82) is 0 Å². The van der Waals surface area contributed by atoms with Gasteiger partial charge in [0.2, 0.25) is 0 Å². The number of rotatable bonds is 3. The van der Waals surface area contributed by atoms with E-state index >= 15 is 0 Å². The summed E-state index contributed by atoms with van der Waals surface area (Å²) in [7, 11) is 0. The molecule has 0 aromatic heterocycles. The van der Waals surface area contributed by atoms with Crippen LogP contribution in [0.2, 0.25) is 0 Å². The van der Waals surface area contributed by atoms with Crippen molar-refractivity contribution in [3.63, 3.8) is 0 Å². The van der Waals surface area contributed by atoms with Gasteiger partial charge >= 0.3 is 12.1 Å². The Morgan fingerprint density at radius 3 is 2.17 bits per heavy atom. The summed E-state index contributed by atoms with van der Waals surface area (Å²) in [5.41, 5.74) is 1.70. The molecule has 0 aliphatic heterocycles. The van der Waals surface area contributed by atoms with Gasteiger partial charge in [0.15, 0.2) is 0 Å². The van der Waals surface area contributed by atoms with E-state index in [1.54, 1.807) is 0 Å². The largest absolute Gasteiger partial charge is 0.478 e. The fraction of sp³-hybridized carbons (Fsp3) is 0.100. The van der Waals surface area contributed by atoms with E-state index in [0.29, 0.717) is 5.01 Å². The van der Waals surface area contributed by atoms with Crippen molar-refractivity contribution in [3.05, 3.63) is 35.4 Å². The maximum Gasteiger partial charge on any atom is 0.427 e. The second-order valence-corrected chi connectivity index (χ2v) is 3.43. The van der Waals surface area contributed by atoms with Gasteiger partial charge < -0.3 is 10.2 Å². The standard InChI is InChI=1S/C10H10N2O5S/c13-8(11-12(5-18)10(16)17)6-3-1-2-4-7(6)9(14)15/h1-4,18H,5H2,(H,11,13)(H,14,15)(H,16,17). The van der Waals surface area contributed by atoms with E-state index in [1.807, 2.05) is 5.43 Å². The van der Waals surface area contributed by atoms with Crippen LogP contribution in [-0.4, -0.2) is 39.1 Å². The summed E-state index contributed by atoms with van der Waals surface area (Å²) in [6.45, 7) is 0. The number of thiol groups is 1. The summed E-state index contributed by atoms with van der Waals surface area (Å²) in [4.78, 5) is 33.3. The highest BCUT2D eigenvalue weighted by Gasteiger charge is 2.19. The Hall–Kier alpha value is -2.22. The molecule has 18 heavy (non-hydrogen) atoms. The highest BCUT2D eigenvalue weighted by atomic mass is 32.1. The number of carbonyl (C=O) groups excluding carboxylic acids is 1. The summed E-state index contributed by atoms with van der Waals surface area (Å²) < 4.78 is 0. The van der Waals surface area contributed by atoms with Crippen LogP contribution in [0.4, 0.5) is 4.79 Å². The Morgan fingerprint density at radius 2 is 1.72 bits per heavy atom. The summed E-state index contributed by atoms with van der Waals surface area (Å²) in [5.74, 6) is -2.35. The van der Waals surface area contributed by atoms with Crippen molar-refractivity contribution in [3.8, 4) is 0 Å². The molecule has 0 heterocycles. The number of carboxylic acid groups (broad SMARTS) is 2. The molecule has 0 aliphatic rings. The maximum atomic E-state index is 11.7. The van der Waals surface area contributed by atoms with Crippen molar-refractivity contribution in [1.82, 2.24) is 10.4 Å². The summed E-state index contributed by atoms with van der Waals surface area (Å²) >= 11 is 3.72. The highest BCUT2D eigenvalue weighted by Crippen LogP contribution is 2.09. The molecule has 0 spiro atoms. The van der Waals surface area contributed by atoms with Gasteiger partial charge in [-0.15, -0.1) is 0 Å². The van der Waals surface area contributed by atoms with Gasteiger partial charge in [0.25, 0.3) is 5.91 Å². The molecule has 1 rings (SSSR count). The van der Waals surface area contributed by atoms with Crippen LogP contribution in [0.1, 0.15) is 20.7 Å². The third-order valence-electron chi connectivity index (χ3n) is 2.01. The van der Waals surface area contributed by atoms with Gasteiger partial charge in [0.1, 0.15) is 0 Å². The SMILES string of the molecule is O=C(O)c1ccccc1C(=O)NN(CS)C(=O)O. The lowest BCUT2D eigenvalue weighted by atomic mass is 10.1. The number of nitrogens with one attached hydrogen (secondary N) is 1. The molecule has 0 unspecified atom stereocenters. The van der Waals surface area contributed by atoms with E-state index in [9.17, 15) is 14.4 Å². The van der Waals surface area contributed by atoms with Crippen LogP contribution >= 0.6 is 12.6 Å². The van der Waals surface area contributed by atoms with Gasteiger partial charge in [0.05, 0.1) is 17.0 Å². The Balaban J connectivity index is 2.97. The number of hydrogen-bond donors (Lipinski definition) is 4. The van der Waals surface area contributed by atoms with E-state index in [2.05, 4.69) is 12.6 Å². The van der Waals surface area contributed by atoms with Crippen molar-refractivity contribution >= 4 is 30.6 Å². The molecular weight excluding hydrogens is 260 g/mol. The van der Waals surface area contributed by atoms with Gasteiger partial charge in [-0.05, 0) is 12.1 Å². The third kappa shape index (κ3) is 3.14. The first kappa shape index (κ1) is 13.8. The molecule has 1 aromatic rings. The Bertz CT molecular complexity index is 491. The lowest BCUT2D eigenvalue weighted by molar-refractivity contribution is 0.0685. The van der Waals surface area contributed by atoms with Crippen LogP contribution in [0.25, 0.3) is 0 Å². The quantitative estimate of drug-likeness (QED) is 0.371. The number of benzene rings is 1. The average Bonchev–Trinajstić information content (AvgIpc) is 2.35. The zero-order chi connectivity index (χ0) is 13.7. The van der Waals surface area contributed by atoms with E-state index < -0.39 is 18.0 Å². The second kappa shape index (κ2) is 5.92. The van der Waals surface area contributed by atoms with Crippen LogP contribution in [0.15, 0.2) is 24.3 Å². The highest BCUT2D eigenvalue weighted by molar-refractivity contribution is 7.80. The van der Waals surface area contributed by atoms with Gasteiger partial charge in [-0.3, -0.25) is 10.2 Å². The molecule has 0 atom stereocenters. The van der Waals surface area contributed by atoms with Crippen LogP contribution in [0.5, 0.6) is 0 Å². The lowest BCUT2D eigenvalue weighted by Crippen LogP contribution is -2.45. The Kier molecular flexibility index (Phi) is 4.55. The Labute approximate surface area is 107 Å². The van der Waals surface area contributed by atoms with Crippen LogP contribution < -0.4 is 5.43 Å². The minimum absolute atomic E-state index is 0.127. The van der Waals surface area contributed by atoms with Gasteiger partial charge in [-0.25, -0.2) is 14.6 Å². The number of aromatic carboxylic acids is 1. The molecular formula is C10H10N2O5S. The van der Waals surface area contributed by atoms with Crippen molar-refractivity contribution in [2.45, 2.75) is 0 Å². The normalized spacial score (nSPS) is 9.61. The van der Waals surface area contributed by atoms with E-state index in [1.165, 1.54) is 24.3 Å². The molecule has 0 fully saturated rings. The molecule has 0 saturated heterocycles. The van der Waals surface area contributed by atoms with Crippen LogP contribution in [0.3, 0.4) is 0 Å². The number of carboxylic acids is 1. The minimum atomic E-state index is -1.40. The molecule has 0 bridgehead atoms. The number of amides is 2. The van der Waals surface area contributed by atoms with E-state index in [-0.39, 0.29) is 17.0 Å². The summed E-state index contributed by atoms with van der Waals surface area (Å²) in [6, 6.07) is 5.49. The van der Waals surface area contributed by atoms with Crippen molar-refractivity contribution in [2.24, 2.45) is 0 Å². The number of carbonyl (C=O) groups is 3. The van der Waals surface area contributed by atoms with E-state index in [0.717, 1.165) is 0 Å². The molecule has 0 radical (unpaired) electrons. The maximum absolute atomic E-state index is 11.7. The lowest BCUT2D eigenvalue weighted by Gasteiger charge is -2.17. The van der Waals surface area contributed by atoms with Crippen molar-refractivity contribution < 1.29 is 24.6 Å². The molecule has 2 amide bonds. The number of hydrogen-bond acceptors (Lipinski definition) is 4. The zero-order valence-electron chi connectivity index (χ0n) is 9.03. The second-order valence-electron chi connectivity index (χ2n) is 3.14. The van der Waals surface area contributed by atoms with Gasteiger partial charge in [0, 0.05) is 0 Å². The fourth-order valence-corrected chi connectivity index (χ4v) is 1.39. The summed E-state index contributed by atoms with van der Waals surface area (Å²) in [6.07, 6.45) is -1.40. The Morgan fingerprint density at radius 1 is 1.17 bits per heavy atom. The predicted molar refractivity (Wildman–Crippen MR) is 64.6 cm³/mol. The average molecular weight is 270 g/mol. The first-order chi connectivity index (χ1) is 8.47. The van der Waals surface area contributed by atoms with E-state index in [4.69, 9.17) is 10.2 Å². The number of nitrogens with zero attached hydrogens (tertiary/aromatic N) is 1. The first-order valence-electron chi connectivity index (χ1n) is 4.72. The topological polar surface area (TPSA) is 107 Å².